The molecule has 9 heteroatoms. The molecule has 0 aliphatic carbocycles. The molecule has 0 fully saturated rings. The van der Waals surface area contributed by atoms with E-state index in [0.717, 1.165) is 3.57 Å². The van der Waals surface area contributed by atoms with E-state index in [-0.39, 0.29) is 22.8 Å². The number of hydrogen-bond acceptors (Lipinski definition) is 4. The van der Waals surface area contributed by atoms with Crippen LogP contribution < -0.4 is 10.1 Å². The minimum Gasteiger partial charge on any atom is -0.506 e. The number of amides is 1. The highest BCUT2D eigenvalue weighted by Crippen LogP contribution is 2.34. The van der Waals surface area contributed by atoms with Crippen LogP contribution in [0.4, 0.5) is 5.69 Å². The van der Waals surface area contributed by atoms with Gasteiger partial charge in [-0.1, -0.05) is 23.2 Å². The quantitative estimate of drug-likeness (QED) is 0.155. The molecule has 0 radical (unpaired) electrons. The molecule has 4 aromatic carbocycles. The molecule has 0 heterocycles. The monoisotopic (exact) mass is 729 g/mol. The Hall–Kier alpha value is -2.34. The Morgan fingerprint density at radius 2 is 1.40 bits per heavy atom. The predicted molar refractivity (Wildman–Crippen MR) is 154 cm³/mol. The highest BCUT2D eigenvalue weighted by molar-refractivity contribution is 14.1. The standard InChI is InChI=1S/C26H15Cl2I2NO4/c27-16-4-1-14(2-5-16)24(32)15-3-10-23(35-19-8-6-17(28)7-9-19)22(11-15)31-26(34)20-12-18(29)13-21(30)25(20)33/h1-13,33H,(H,31,34). The number of carbonyl (C=O) groups is 2. The maximum absolute atomic E-state index is 13.1. The number of halogens is 4. The topological polar surface area (TPSA) is 75.6 Å². The van der Waals surface area contributed by atoms with Crippen molar-refractivity contribution in [1.82, 2.24) is 0 Å². The molecule has 0 aliphatic heterocycles. The van der Waals surface area contributed by atoms with Crippen molar-refractivity contribution < 1.29 is 19.4 Å². The first-order valence-electron chi connectivity index (χ1n) is 10.1. The summed E-state index contributed by atoms with van der Waals surface area (Å²) in [6.07, 6.45) is 0. The summed E-state index contributed by atoms with van der Waals surface area (Å²) in [7, 11) is 0. The Bertz CT molecular complexity index is 1420. The van der Waals surface area contributed by atoms with Gasteiger partial charge in [-0.05, 0) is 124 Å². The summed E-state index contributed by atoms with van der Waals surface area (Å²) in [5.74, 6) is -0.114. The van der Waals surface area contributed by atoms with Gasteiger partial charge >= 0.3 is 0 Å². The second kappa shape index (κ2) is 11.2. The largest absolute Gasteiger partial charge is 0.506 e. The Morgan fingerprint density at radius 1 is 0.800 bits per heavy atom. The third kappa shape index (κ3) is 6.27. The van der Waals surface area contributed by atoms with Gasteiger partial charge in [-0.15, -0.1) is 0 Å². The lowest BCUT2D eigenvalue weighted by molar-refractivity contribution is 0.101. The molecule has 0 spiro atoms. The molecular formula is C26H15Cl2I2NO4. The third-order valence-corrected chi connectivity index (χ3v) is 6.86. The van der Waals surface area contributed by atoms with Gasteiger partial charge in [0.2, 0.25) is 0 Å². The van der Waals surface area contributed by atoms with E-state index in [2.05, 4.69) is 27.9 Å². The Balaban J connectivity index is 1.72. The van der Waals surface area contributed by atoms with Crippen molar-refractivity contribution >= 4 is 85.8 Å². The molecular weight excluding hydrogens is 715 g/mol. The molecule has 4 aromatic rings. The fourth-order valence-electron chi connectivity index (χ4n) is 3.18. The summed E-state index contributed by atoms with van der Waals surface area (Å²) >= 11 is 15.9. The number of nitrogens with one attached hydrogen (secondary N) is 1. The smallest absolute Gasteiger partial charge is 0.259 e. The van der Waals surface area contributed by atoms with Gasteiger partial charge in [0.15, 0.2) is 11.5 Å². The van der Waals surface area contributed by atoms with Gasteiger partial charge in [-0.3, -0.25) is 9.59 Å². The number of carbonyl (C=O) groups excluding carboxylic acids is 2. The SMILES string of the molecule is O=C(c1ccc(Cl)cc1)c1ccc(Oc2ccc(Cl)cc2)c(NC(=O)c2cc(I)cc(I)c2O)c1. The minimum atomic E-state index is -0.545. The number of benzene rings is 4. The Morgan fingerprint density at radius 3 is 2.06 bits per heavy atom. The zero-order valence-corrected chi connectivity index (χ0v) is 23.5. The van der Waals surface area contributed by atoms with Gasteiger partial charge < -0.3 is 15.2 Å². The number of anilines is 1. The Labute approximate surface area is 238 Å². The molecule has 0 aliphatic rings. The molecule has 0 unspecified atom stereocenters. The van der Waals surface area contributed by atoms with Crippen LogP contribution in [0.5, 0.6) is 17.2 Å². The van der Waals surface area contributed by atoms with Gasteiger partial charge in [-0.2, -0.15) is 0 Å². The lowest BCUT2D eigenvalue weighted by Crippen LogP contribution is -2.14. The van der Waals surface area contributed by atoms with Crippen LogP contribution in [0.2, 0.25) is 10.0 Å². The fourth-order valence-corrected chi connectivity index (χ4v) is 5.28. The van der Waals surface area contributed by atoms with Crippen molar-refractivity contribution in [2.24, 2.45) is 0 Å². The van der Waals surface area contributed by atoms with Crippen molar-refractivity contribution in [3.05, 3.63) is 113 Å². The van der Waals surface area contributed by atoms with Crippen molar-refractivity contribution in [3.63, 3.8) is 0 Å². The van der Waals surface area contributed by atoms with Gasteiger partial charge in [0.1, 0.15) is 11.5 Å². The van der Waals surface area contributed by atoms with E-state index < -0.39 is 5.91 Å². The number of aromatic hydroxyl groups is 1. The van der Waals surface area contributed by atoms with Crippen molar-refractivity contribution in [2.45, 2.75) is 0 Å². The van der Waals surface area contributed by atoms with Crippen molar-refractivity contribution in [3.8, 4) is 17.2 Å². The van der Waals surface area contributed by atoms with Crippen LogP contribution in [-0.4, -0.2) is 16.8 Å². The van der Waals surface area contributed by atoms with E-state index in [0.29, 0.717) is 36.2 Å². The van der Waals surface area contributed by atoms with Crippen LogP contribution in [0.25, 0.3) is 0 Å². The number of phenols is 1. The summed E-state index contributed by atoms with van der Waals surface area (Å²) in [4.78, 5) is 26.2. The molecule has 0 aromatic heterocycles. The summed E-state index contributed by atoms with van der Waals surface area (Å²) in [6, 6.07) is 21.4. The zero-order chi connectivity index (χ0) is 25.1. The third-order valence-electron chi connectivity index (χ3n) is 4.91. The molecule has 1 amide bonds. The molecule has 4 rings (SSSR count). The number of ketones is 1. The first-order valence-corrected chi connectivity index (χ1v) is 13.0. The average Bonchev–Trinajstić information content (AvgIpc) is 2.83. The molecule has 5 nitrogen and oxygen atoms in total. The summed E-state index contributed by atoms with van der Waals surface area (Å²) in [5.41, 5.74) is 1.15. The van der Waals surface area contributed by atoms with E-state index in [4.69, 9.17) is 27.9 Å². The first-order chi connectivity index (χ1) is 16.7. The van der Waals surface area contributed by atoms with Crippen LogP contribution in [0, 0.1) is 7.14 Å². The van der Waals surface area contributed by atoms with E-state index in [9.17, 15) is 14.7 Å². The normalized spacial score (nSPS) is 10.6. The summed E-state index contributed by atoms with van der Waals surface area (Å²) < 4.78 is 7.30. The van der Waals surface area contributed by atoms with Crippen LogP contribution >= 0.6 is 68.4 Å². The summed E-state index contributed by atoms with van der Waals surface area (Å²) in [5, 5.41) is 14.3. The van der Waals surface area contributed by atoms with Crippen LogP contribution in [0.3, 0.4) is 0 Å². The lowest BCUT2D eigenvalue weighted by atomic mass is 10.0. The maximum Gasteiger partial charge on any atom is 0.259 e. The van der Waals surface area contributed by atoms with Crippen LogP contribution in [0.1, 0.15) is 26.3 Å². The molecule has 0 atom stereocenters. The molecule has 176 valence electrons. The average molecular weight is 730 g/mol. The van der Waals surface area contributed by atoms with Crippen LogP contribution in [-0.2, 0) is 0 Å². The van der Waals surface area contributed by atoms with E-state index in [1.807, 2.05) is 22.6 Å². The minimum absolute atomic E-state index is 0.105. The maximum atomic E-state index is 13.1. The second-order valence-corrected chi connectivity index (χ2v) is 10.6. The van der Waals surface area contributed by atoms with E-state index >= 15 is 0 Å². The molecule has 0 saturated heterocycles. The summed E-state index contributed by atoms with van der Waals surface area (Å²) in [6.45, 7) is 0. The number of hydrogen-bond donors (Lipinski definition) is 2. The zero-order valence-electron chi connectivity index (χ0n) is 17.7. The molecule has 0 saturated carbocycles. The van der Waals surface area contributed by atoms with Crippen LogP contribution in [0.15, 0.2) is 78.9 Å². The van der Waals surface area contributed by atoms with Gasteiger partial charge in [0.05, 0.1) is 14.8 Å². The fraction of sp³-hybridized carbons (Fsp3) is 0. The van der Waals surface area contributed by atoms with Gasteiger partial charge in [-0.25, -0.2) is 0 Å². The number of ether oxygens (including phenoxy) is 1. The van der Waals surface area contributed by atoms with E-state index in [1.165, 1.54) is 6.07 Å². The first kappa shape index (κ1) is 25.7. The van der Waals surface area contributed by atoms with Crippen molar-refractivity contribution in [2.75, 3.05) is 5.32 Å². The number of phenolic OH excluding ortho intramolecular Hbond substituents is 1. The molecule has 0 bridgehead atoms. The lowest BCUT2D eigenvalue weighted by Gasteiger charge is -2.15. The van der Waals surface area contributed by atoms with Crippen molar-refractivity contribution in [1.29, 1.82) is 0 Å². The number of rotatable bonds is 6. The molecule has 35 heavy (non-hydrogen) atoms. The van der Waals surface area contributed by atoms with E-state index in [1.54, 1.807) is 72.8 Å². The Kier molecular flexibility index (Phi) is 8.20. The highest BCUT2D eigenvalue weighted by atomic mass is 127. The van der Waals surface area contributed by atoms with Gasteiger partial charge in [0.25, 0.3) is 5.91 Å². The predicted octanol–water partition coefficient (Wildman–Crippen LogP) is 8.18. The second-order valence-electron chi connectivity index (χ2n) is 7.34. The highest BCUT2D eigenvalue weighted by Gasteiger charge is 2.19. The van der Waals surface area contributed by atoms with Gasteiger partial charge in [0, 0.05) is 24.7 Å². The molecule has 2 N–H and O–H groups in total.